The molecule has 15 heavy (non-hydrogen) atoms. The van der Waals surface area contributed by atoms with E-state index in [1.54, 1.807) is 0 Å². The summed E-state index contributed by atoms with van der Waals surface area (Å²) in [6, 6.07) is 0. The summed E-state index contributed by atoms with van der Waals surface area (Å²) in [6.07, 6.45) is 4.65. The van der Waals surface area contributed by atoms with Crippen molar-refractivity contribution in [3.63, 3.8) is 0 Å². The van der Waals surface area contributed by atoms with Gasteiger partial charge in [-0.25, -0.2) is 0 Å². The lowest BCUT2D eigenvalue weighted by atomic mass is 9.95. The van der Waals surface area contributed by atoms with Crippen molar-refractivity contribution >= 4 is 0 Å². The molecule has 0 bridgehead atoms. The minimum atomic E-state index is 0.120. The van der Waals surface area contributed by atoms with Gasteiger partial charge in [0.2, 0.25) is 0 Å². The summed E-state index contributed by atoms with van der Waals surface area (Å²) in [5.74, 6) is 0. The van der Waals surface area contributed by atoms with Gasteiger partial charge < -0.3 is 15.3 Å². The molecular formula is C12H26N2O. The molecule has 1 rings (SSSR count). The van der Waals surface area contributed by atoms with Gasteiger partial charge in [0.15, 0.2) is 0 Å². The maximum absolute atomic E-state index is 8.99. The summed E-state index contributed by atoms with van der Waals surface area (Å²) in [4.78, 5) is 2.52. The Bertz CT molecular complexity index is 169. The molecule has 3 nitrogen and oxygen atoms in total. The summed E-state index contributed by atoms with van der Waals surface area (Å²) in [5.41, 5.74) is 0.120. The smallest absolute Gasteiger partial charge is 0.0448 e. The van der Waals surface area contributed by atoms with Crippen molar-refractivity contribution < 1.29 is 5.11 Å². The molecule has 0 aliphatic carbocycles. The molecule has 0 amide bonds. The molecule has 1 fully saturated rings. The van der Waals surface area contributed by atoms with Crippen molar-refractivity contribution in [3.8, 4) is 0 Å². The van der Waals surface area contributed by atoms with E-state index in [4.69, 9.17) is 5.11 Å². The first-order valence-electron chi connectivity index (χ1n) is 6.28. The van der Waals surface area contributed by atoms with Crippen LogP contribution in [-0.4, -0.2) is 48.3 Å². The van der Waals surface area contributed by atoms with Crippen molar-refractivity contribution in [2.75, 3.05) is 32.8 Å². The average Bonchev–Trinajstić information content (AvgIpc) is 2.71. The van der Waals surface area contributed by atoms with Crippen LogP contribution in [-0.2, 0) is 0 Å². The normalized spacial score (nSPS) is 21.8. The van der Waals surface area contributed by atoms with Gasteiger partial charge in [0, 0.05) is 25.2 Å². The van der Waals surface area contributed by atoms with E-state index in [1.165, 1.54) is 25.9 Å². The first-order chi connectivity index (χ1) is 7.20. The van der Waals surface area contributed by atoms with Gasteiger partial charge in [-0.2, -0.15) is 0 Å². The van der Waals surface area contributed by atoms with Gasteiger partial charge in [-0.3, -0.25) is 0 Å². The first-order valence-corrected chi connectivity index (χ1v) is 6.28. The van der Waals surface area contributed by atoms with E-state index >= 15 is 0 Å². The van der Waals surface area contributed by atoms with E-state index in [9.17, 15) is 0 Å². The lowest BCUT2D eigenvalue weighted by Gasteiger charge is -2.30. The van der Waals surface area contributed by atoms with Gasteiger partial charge in [0.1, 0.15) is 0 Å². The van der Waals surface area contributed by atoms with Crippen LogP contribution in [0.1, 0.15) is 39.5 Å². The van der Waals surface area contributed by atoms with Gasteiger partial charge in [0.05, 0.1) is 0 Å². The summed E-state index contributed by atoms with van der Waals surface area (Å²) in [7, 11) is 0. The third-order valence-electron chi connectivity index (χ3n) is 3.62. The fourth-order valence-electron chi connectivity index (χ4n) is 2.16. The largest absolute Gasteiger partial charge is 0.396 e. The first kappa shape index (κ1) is 12.9. The van der Waals surface area contributed by atoms with Crippen LogP contribution in [0.5, 0.6) is 0 Å². The van der Waals surface area contributed by atoms with E-state index in [0.29, 0.717) is 0 Å². The molecule has 0 aromatic carbocycles. The van der Waals surface area contributed by atoms with Crippen molar-refractivity contribution in [1.82, 2.24) is 10.2 Å². The third-order valence-corrected chi connectivity index (χ3v) is 3.62. The Morgan fingerprint density at radius 2 is 2.00 bits per heavy atom. The van der Waals surface area contributed by atoms with Crippen molar-refractivity contribution in [3.05, 3.63) is 0 Å². The average molecular weight is 214 g/mol. The highest BCUT2D eigenvalue weighted by Gasteiger charge is 2.20. The molecule has 0 radical (unpaired) electrons. The van der Waals surface area contributed by atoms with Crippen molar-refractivity contribution in [2.45, 2.75) is 45.1 Å². The standard InChI is InChI=1S/C12H26N2O/c1-3-12(2,6-11-15)13-7-10-14-8-4-5-9-14/h13,15H,3-11H2,1-2H3. The number of nitrogens with zero attached hydrogens (tertiary/aromatic N) is 1. The predicted molar refractivity (Wildman–Crippen MR) is 64.1 cm³/mol. The molecule has 1 saturated heterocycles. The van der Waals surface area contributed by atoms with Crippen LogP contribution >= 0.6 is 0 Å². The molecule has 0 aromatic heterocycles. The number of hydrogen-bond donors (Lipinski definition) is 2. The van der Waals surface area contributed by atoms with Crippen LogP contribution in [0.25, 0.3) is 0 Å². The lowest BCUT2D eigenvalue weighted by molar-refractivity contribution is 0.209. The minimum absolute atomic E-state index is 0.120. The molecule has 2 N–H and O–H groups in total. The third kappa shape index (κ3) is 4.49. The number of rotatable bonds is 7. The van der Waals surface area contributed by atoms with Crippen LogP contribution in [0.3, 0.4) is 0 Å². The Balaban J connectivity index is 2.15. The maximum Gasteiger partial charge on any atom is 0.0448 e. The topological polar surface area (TPSA) is 35.5 Å². The Morgan fingerprint density at radius 1 is 1.33 bits per heavy atom. The van der Waals surface area contributed by atoms with E-state index in [1.807, 2.05) is 0 Å². The van der Waals surface area contributed by atoms with Crippen LogP contribution in [0, 0.1) is 0 Å². The quantitative estimate of drug-likeness (QED) is 0.669. The SMILES string of the molecule is CCC(C)(CCO)NCCN1CCCC1. The molecular weight excluding hydrogens is 188 g/mol. The second-order valence-electron chi connectivity index (χ2n) is 4.86. The van der Waals surface area contributed by atoms with Crippen LogP contribution in [0.4, 0.5) is 0 Å². The van der Waals surface area contributed by atoms with Crippen molar-refractivity contribution in [1.29, 1.82) is 0 Å². The number of aliphatic hydroxyl groups excluding tert-OH is 1. The van der Waals surface area contributed by atoms with Gasteiger partial charge in [-0.15, -0.1) is 0 Å². The second kappa shape index (κ2) is 6.46. The van der Waals surface area contributed by atoms with Gasteiger partial charge in [0.25, 0.3) is 0 Å². The Hall–Kier alpha value is -0.120. The van der Waals surface area contributed by atoms with Gasteiger partial charge in [-0.1, -0.05) is 6.92 Å². The van der Waals surface area contributed by atoms with Crippen molar-refractivity contribution in [2.24, 2.45) is 0 Å². The highest BCUT2D eigenvalue weighted by molar-refractivity contribution is 4.81. The van der Waals surface area contributed by atoms with E-state index in [-0.39, 0.29) is 12.1 Å². The molecule has 1 aliphatic heterocycles. The molecule has 0 spiro atoms. The predicted octanol–water partition coefficient (Wildman–Crippen LogP) is 1.22. The maximum atomic E-state index is 8.99. The molecule has 1 unspecified atom stereocenters. The lowest BCUT2D eigenvalue weighted by Crippen LogP contribution is -2.45. The number of nitrogens with one attached hydrogen (secondary N) is 1. The van der Waals surface area contributed by atoms with Crippen LogP contribution in [0.15, 0.2) is 0 Å². The van der Waals surface area contributed by atoms with E-state index in [0.717, 1.165) is 25.9 Å². The Morgan fingerprint density at radius 3 is 2.53 bits per heavy atom. The highest BCUT2D eigenvalue weighted by atomic mass is 16.3. The molecule has 3 heteroatoms. The number of likely N-dealkylation sites (tertiary alicyclic amines) is 1. The summed E-state index contributed by atoms with van der Waals surface area (Å²) < 4.78 is 0. The zero-order valence-electron chi connectivity index (χ0n) is 10.3. The van der Waals surface area contributed by atoms with Gasteiger partial charge in [-0.05, 0) is 45.7 Å². The molecule has 0 saturated carbocycles. The molecule has 0 aromatic rings. The van der Waals surface area contributed by atoms with E-state index < -0.39 is 0 Å². The van der Waals surface area contributed by atoms with Crippen LogP contribution < -0.4 is 5.32 Å². The summed E-state index contributed by atoms with van der Waals surface area (Å²) in [5, 5.41) is 12.6. The minimum Gasteiger partial charge on any atom is -0.396 e. The van der Waals surface area contributed by atoms with E-state index in [2.05, 4.69) is 24.1 Å². The Labute approximate surface area is 93.9 Å². The summed E-state index contributed by atoms with van der Waals surface area (Å²) >= 11 is 0. The molecule has 1 heterocycles. The van der Waals surface area contributed by atoms with Crippen LogP contribution in [0.2, 0.25) is 0 Å². The second-order valence-corrected chi connectivity index (χ2v) is 4.86. The molecule has 90 valence electrons. The molecule has 1 aliphatic rings. The fraction of sp³-hybridized carbons (Fsp3) is 1.00. The zero-order valence-corrected chi connectivity index (χ0v) is 10.3. The fourth-order valence-corrected chi connectivity index (χ4v) is 2.16. The zero-order chi connectivity index (χ0) is 11.1. The monoisotopic (exact) mass is 214 g/mol. The number of hydrogen-bond acceptors (Lipinski definition) is 3. The van der Waals surface area contributed by atoms with Gasteiger partial charge >= 0.3 is 0 Å². The summed E-state index contributed by atoms with van der Waals surface area (Å²) in [6.45, 7) is 9.40. The molecule has 1 atom stereocenters. The Kier molecular flexibility index (Phi) is 5.58. The number of aliphatic hydroxyl groups is 1. The highest BCUT2D eigenvalue weighted by Crippen LogP contribution is 2.13.